The molecule has 0 aliphatic carbocycles. The number of carboxylic acids is 1. The lowest BCUT2D eigenvalue weighted by atomic mass is 10.1. The number of non-ortho nitro benzene ring substituents is 1. The van der Waals surface area contributed by atoms with Crippen LogP contribution in [-0.4, -0.2) is 42.2 Å². The fourth-order valence-corrected chi connectivity index (χ4v) is 2.36. The van der Waals surface area contributed by atoms with Gasteiger partial charge in [0.1, 0.15) is 5.70 Å². The van der Waals surface area contributed by atoms with Crippen LogP contribution in [0.3, 0.4) is 0 Å². The van der Waals surface area contributed by atoms with Crippen molar-refractivity contribution in [2.24, 2.45) is 0 Å². The number of nitro benzene ring substituents is 1. The van der Waals surface area contributed by atoms with Crippen molar-refractivity contribution in [3.63, 3.8) is 0 Å². The molecule has 0 spiro atoms. The smallest absolute Gasteiger partial charge is 0.355 e. The normalized spacial score (nSPS) is 13.2. The largest absolute Gasteiger partial charge is 0.478 e. The summed E-state index contributed by atoms with van der Waals surface area (Å²) in [6.45, 7) is 0. The van der Waals surface area contributed by atoms with Gasteiger partial charge in [0.25, 0.3) is 5.69 Å². The van der Waals surface area contributed by atoms with Crippen molar-refractivity contribution < 1.29 is 33.9 Å². The highest BCUT2D eigenvalue weighted by molar-refractivity contribution is 6.07. The Morgan fingerprint density at radius 2 is 1.78 bits per heavy atom. The minimum Gasteiger partial charge on any atom is -0.478 e. The van der Waals surface area contributed by atoms with Crippen LogP contribution in [-0.2, 0) is 19.1 Å². The number of benzene rings is 1. The van der Waals surface area contributed by atoms with Gasteiger partial charge in [0.2, 0.25) is 0 Å². The molecule has 1 N–H and O–H groups in total. The molecule has 2 rings (SSSR count). The molecule has 1 aliphatic rings. The minimum atomic E-state index is -1.38. The maximum absolute atomic E-state index is 12.4. The van der Waals surface area contributed by atoms with Gasteiger partial charge >= 0.3 is 17.9 Å². The van der Waals surface area contributed by atoms with E-state index in [2.05, 4.69) is 4.74 Å². The quantitative estimate of drug-likeness (QED) is 0.464. The van der Waals surface area contributed by atoms with E-state index in [4.69, 9.17) is 4.74 Å². The molecule has 0 radical (unpaired) electrons. The van der Waals surface area contributed by atoms with Crippen molar-refractivity contribution in [3.05, 3.63) is 69.6 Å². The zero-order chi connectivity index (χ0) is 20.1. The highest BCUT2D eigenvalue weighted by Crippen LogP contribution is 2.32. The van der Waals surface area contributed by atoms with Crippen molar-refractivity contribution in [1.29, 1.82) is 0 Å². The highest BCUT2D eigenvalue weighted by Gasteiger charge is 2.30. The molecule has 1 aromatic carbocycles. The van der Waals surface area contributed by atoms with Crippen molar-refractivity contribution in [2.45, 2.75) is 0 Å². The van der Waals surface area contributed by atoms with E-state index < -0.39 is 28.5 Å². The summed E-state index contributed by atoms with van der Waals surface area (Å²) in [6, 6.07) is 3.04. The third-order valence-electron chi connectivity index (χ3n) is 3.57. The number of ether oxygens (including phenoxy) is 2. The van der Waals surface area contributed by atoms with Crippen LogP contribution in [0.2, 0.25) is 0 Å². The van der Waals surface area contributed by atoms with Crippen LogP contribution in [0.4, 0.5) is 11.4 Å². The number of hydrogen-bond donors (Lipinski definition) is 1. The number of carboxylic acid groups (broad SMARTS) is 1. The molecular weight excluding hydrogens is 360 g/mol. The van der Waals surface area contributed by atoms with Crippen LogP contribution in [0.5, 0.6) is 0 Å². The summed E-state index contributed by atoms with van der Waals surface area (Å²) in [5.74, 6) is -3.22. The Labute approximate surface area is 152 Å². The monoisotopic (exact) mass is 374 g/mol. The molecule has 0 saturated carbocycles. The van der Waals surface area contributed by atoms with E-state index in [-0.39, 0.29) is 22.5 Å². The highest BCUT2D eigenvalue weighted by atomic mass is 16.6. The molecule has 0 amide bonds. The van der Waals surface area contributed by atoms with Gasteiger partial charge in [-0.15, -0.1) is 0 Å². The topological polar surface area (TPSA) is 136 Å². The second-order valence-electron chi connectivity index (χ2n) is 5.08. The van der Waals surface area contributed by atoms with Gasteiger partial charge in [-0.2, -0.15) is 0 Å². The second-order valence-corrected chi connectivity index (χ2v) is 5.08. The fraction of sp³-hybridized carbons (Fsp3) is 0.118. The summed E-state index contributed by atoms with van der Waals surface area (Å²) in [5.41, 5.74) is -1.48. The summed E-state index contributed by atoms with van der Waals surface area (Å²) in [7, 11) is 2.18. The SMILES string of the molecule is COC(=O)C1=C(C(=O)OC)N(c2cc([N+](=O)[O-])ccc2C(=O)O)C=CC=C1. The summed E-state index contributed by atoms with van der Waals surface area (Å²) >= 11 is 0. The molecule has 0 bridgehead atoms. The van der Waals surface area contributed by atoms with Gasteiger partial charge in [0.05, 0.1) is 36.0 Å². The molecule has 1 heterocycles. The Morgan fingerprint density at radius 3 is 2.33 bits per heavy atom. The minimum absolute atomic E-state index is 0.196. The lowest BCUT2D eigenvalue weighted by molar-refractivity contribution is -0.384. The number of aromatic carboxylic acids is 1. The summed E-state index contributed by atoms with van der Waals surface area (Å²) < 4.78 is 9.36. The maximum atomic E-state index is 12.4. The number of rotatable bonds is 5. The summed E-state index contributed by atoms with van der Waals surface area (Å²) in [6.07, 6.45) is 5.41. The Morgan fingerprint density at radius 1 is 1.11 bits per heavy atom. The average molecular weight is 374 g/mol. The van der Waals surface area contributed by atoms with Crippen molar-refractivity contribution >= 4 is 29.3 Å². The van der Waals surface area contributed by atoms with E-state index in [0.717, 1.165) is 37.3 Å². The Balaban J connectivity index is 2.83. The first-order valence-corrected chi connectivity index (χ1v) is 7.38. The molecule has 10 nitrogen and oxygen atoms in total. The summed E-state index contributed by atoms with van der Waals surface area (Å²) in [4.78, 5) is 47.5. The predicted octanol–water partition coefficient (Wildman–Crippen LogP) is 1.78. The standard InChI is InChI=1S/C17H14N2O8/c1-26-16(22)12-5-3-4-8-18(14(12)17(23)27-2)13-9-10(19(24)25)6-7-11(13)15(20)21/h3-9H,1-2H3,(H,20,21). The zero-order valence-electron chi connectivity index (χ0n) is 14.2. The Kier molecular flexibility index (Phi) is 5.71. The molecule has 0 saturated heterocycles. The Bertz CT molecular complexity index is 914. The molecular formula is C17H14N2O8. The second kappa shape index (κ2) is 7.95. The molecule has 0 unspecified atom stereocenters. The van der Waals surface area contributed by atoms with Gasteiger partial charge in [0.15, 0.2) is 0 Å². The molecule has 140 valence electrons. The molecule has 0 atom stereocenters. The number of allylic oxidation sites excluding steroid dienone is 2. The maximum Gasteiger partial charge on any atom is 0.355 e. The van der Waals surface area contributed by atoms with E-state index in [0.29, 0.717) is 0 Å². The molecule has 10 heteroatoms. The van der Waals surface area contributed by atoms with E-state index in [9.17, 15) is 29.6 Å². The van der Waals surface area contributed by atoms with Crippen LogP contribution in [0.15, 0.2) is 53.9 Å². The lowest BCUT2D eigenvalue weighted by Crippen LogP contribution is -2.28. The number of methoxy groups -OCH3 is 2. The molecule has 1 aliphatic heterocycles. The fourth-order valence-electron chi connectivity index (χ4n) is 2.36. The third kappa shape index (κ3) is 3.84. The molecule has 27 heavy (non-hydrogen) atoms. The number of carbonyl (C=O) groups excluding carboxylic acids is 2. The van der Waals surface area contributed by atoms with Crippen molar-refractivity contribution in [3.8, 4) is 0 Å². The van der Waals surface area contributed by atoms with E-state index in [1.54, 1.807) is 0 Å². The number of nitrogens with zero attached hydrogens (tertiary/aromatic N) is 2. The van der Waals surface area contributed by atoms with E-state index in [1.165, 1.54) is 24.4 Å². The van der Waals surface area contributed by atoms with Gasteiger partial charge < -0.3 is 19.5 Å². The van der Waals surface area contributed by atoms with Crippen LogP contribution in [0, 0.1) is 10.1 Å². The van der Waals surface area contributed by atoms with Crippen molar-refractivity contribution in [1.82, 2.24) is 0 Å². The molecule has 1 aromatic rings. The van der Waals surface area contributed by atoms with Gasteiger partial charge in [-0.05, 0) is 18.2 Å². The summed E-state index contributed by atoms with van der Waals surface area (Å²) in [5, 5.41) is 20.5. The Hall–Kier alpha value is -3.95. The lowest BCUT2D eigenvalue weighted by Gasteiger charge is -2.24. The van der Waals surface area contributed by atoms with Gasteiger partial charge in [-0.1, -0.05) is 6.08 Å². The van der Waals surface area contributed by atoms with Gasteiger partial charge in [0, 0.05) is 18.3 Å². The number of hydrogen-bond acceptors (Lipinski definition) is 8. The number of anilines is 1. The van der Waals surface area contributed by atoms with Gasteiger partial charge in [-0.3, -0.25) is 10.1 Å². The van der Waals surface area contributed by atoms with Crippen LogP contribution in [0.1, 0.15) is 10.4 Å². The van der Waals surface area contributed by atoms with Crippen LogP contribution in [0.25, 0.3) is 0 Å². The van der Waals surface area contributed by atoms with Crippen LogP contribution < -0.4 is 4.90 Å². The average Bonchev–Trinajstić information content (AvgIpc) is 2.88. The van der Waals surface area contributed by atoms with E-state index in [1.807, 2.05) is 0 Å². The van der Waals surface area contributed by atoms with Crippen LogP contribution >= 0.6 is 0 Å². The molecule has 0 aromatic heterocycles. The predicted molar refractivity (Wildman–Crippen MR) is 91.9 cm³/mol. The number of nitro groups is 1. The van der Waals surface area contributed by atoms with Crippen molar-refractivity contribution in [2.75, 3.05) is 19.1 Å². The third-order valence-corrected chi connectivity index (χ3v) is 3.57. The first-order chi connectivity index (χ1) is 12.8. The van der Waals surface area contributed by atoms with Gasteiger partial charge in [-0.25, -0.2) is 14.4 Å². The van der Waals surface area contributed by atoms with E-state index >= 15 is 0 Å². The molecule has 0 fully saturated rings. The first-order valence-electron chi connectivity index (χ1n) is 7.38. The number of carbonyl (C=O) groups is 3. The first kappa shape index (κ1) is 19.4. The number of esters is 2. The zero-order valence-corrected chi connectivity index (χ0v) is 14.2.